The van der Waals surface area contributed by atoms with Crippen LogP contribution in [0.15, 0.2) is 60.9 Å². The molecule has 174 valence electrons. The first-order chi connectivity index (χ1) is 16.5. The van der Waals surface area contributed by atoms with Crippen molar-refractivity contribution < 1.29 is 13.9 Å². The van der Waals surface area contributed by atoms with Crippen molar-refractivity contribution in [1.82, 2.24) is 24.9 Å². The number of pyridine rings is 1. The monoisotopic (exact) mass is 460 g/mol. The van der Waals surface area contributed by atoms with Crippen LogP contribution in [0.4, 0.5) is 10.3 Å². The van der Waals surface area contributed by atoms with Crippen molar-refractivity contribution in [3.05, 3.63) is 78.3 Å². The van der Waals surface area contributed by atoms with Gasteiger partial charge >= 0.3 is 0 Å². The number of ether oxygens (including phenoxy) is 2. The lowest BCUT2D eigenvalue weighted by molar-refractivity contribution is -0.229. The van der Waals surface area contributed by atoms with Crippen molar-refractivity contribution >= 4 is 5.95 Å². The fourth-order valence-corrected chi connectivity index (χ4v) is 3.61. The molecular formula is C25H25FN6O2. The van der Waals surface area contributed by atoms with Gasteiger partial charge in [0.05, 0.1) is 42.5 Å². The van der Waals surface area contributed by atoms with Gasteiger partial charge in [0.2, 0.25) is 12.2 Å². The first-order valence-corrected chi connectivity index (χ1v) is 11.0. The molecular weight excluding hydrogens is 435 g/mol. The van der Waals surface area contributed by atoms with Gasteiger partial charge in [0.15, 0.2) is 5.82 Å². The van der Waals surface area contributed by atoms with Gasteiger partial charge in [0, 0.05) is 23.4 Å². The summed E-state index contributed by atoms with van der Waals surface area (Å²) in [6.07, 6.45) is 2.80. The normalized spacial score (nSPS) is 15.9. The second-order valence-corrected chi connectivity index (χ2v) is 8.91. The molecule has 0 saturated carbocycles. The molecule has 0 radical (unpaired) electrons. The fourth-order valence-electron chi connectivity index (χ4n) is 3.61. The molecule has 2 N–H and O–H groups in total. The van der Waals surface area contributed by atoms with Crippen LogP contribution in [-0.2, 0) is 16.0 Å². The Kier molecular flexibility index (Phi) is 6.04. The molecule has 9 heteroatoms. The van der Waals surface area contributed by atoms with E-state index in [0.29, 0.717) is 48.6 Å². The number of nitrogens with zero attached hydrogens (tertiary/aromatic N) is 4. The van der Waals surface area contributed by atoms with E-state index >= 15 is 0 Å². The van der Waals surface area contributed by atoms with Crippen LogP contribution in [0.2, 0.25) is 0 Å². The topological polar surface area (TPSA) is 97.8 Å². The van der Waals surface area contributed by atoms with Crippen LogP contribution in [-0.4, -0.2) is 38.1 Å². The van der Waals surface area contributed by atoms with Crippen LogP contribution in [0.1, 0.15) is 31.7 Å². The van der Waals surface area contributed by atoms with Crippen molar-refractivity contribution in [2.75, 3.05) is 18.5 Å². The van der Waals surface area contributed by atoms with Gasteiger partial charge in [0.25, 0.3) is 0 Å². The summed E-state index contributed by atoms with van der Waals surface area (Å²) in [5, 5.41) is 3.20. The maximum absolute atomic E-state index is 13.6. The van der Waals surface area contributed by atoms with Gasteiger partial charge in [-0.3, -0.25) is 4.98 Å². The van der Waals surface area contributed by atoms with Crippen LogP contribution < -0.4 is 5.32 Å². The predicted molar refractivity (Wildman–Crippen MR) is 125 cm³/mol. The molecule has 5 rings (SSSR count). The third-order valence-corrected chi connectivity index (χ3v) is 5.38. The third-order valence-electron chi connectivity index (χ3n) is 5.38. The molecule has 0 aliphatic carbocycles. The minimum atomic E-state index is -0.621. The maximum atomic E-state index is 13.6. The Morgan fingerprint density at radius 1 is 1.00 bits per heavy atom. The summed E-state index contributed by atoms with van der Waals surface area (Å²) in [6.45, 7) is 5.76. The average Bonchev–Trinajstić information content (AvgIpc) is 3.29. The van der Waals surface area contributed by atoms with Gasteiger partial charge in [-0.2, -0.15) is 0 Å². The second kappa shape index (κ2) is 9.28. The zero-order valence-electron chi connectivity index (χ0n) is 19.0. The standard InChI is InChI=1S/C25H25FN6O2/c1-25(2)14-33-23(34-15-25)22-31-20(16-6-8-17(26)9-7-16)21(32-22)19-10-12-28-24(30-19)29-13-18-5-3-4-11-27-18/h3-12,23H,13-15H2,1-2H3,(H,31,32)(H,28,29,30). The smallest absolute Gasteiger partial charge is 0.223 e. The molecule has 1 aliphatic heterocycles. The molecule has 0 amide bonds. The van der Waals surface area contributed by atoms with Gasteiger partial charge in [-0.25, -0.2) is 19.3 Å². The molecule has 8 nitrogen and oxygen atoms in total. The molecule has 0 unspecified atom stereocenters. The quantitative estimate of drug-likeness (QED) is 0.428. The Morgan fingerprint density at radius 2 is 1.79 bits per heavy atom. The zero-order valence-corrected chi connectivity index (χ0v) is 19.0. The summed E-state index contributed by atoms with van der Waals surface area (Å²) < 4.78 is 25.4. The molecule has 0 spiro atoms. The fraction of sp³-hybridized carbons (Fsp3) is 0.280. The second-order valence-electron chi connectivity index (χ2n) is 8.91. The van der Waals surface area contributed by atoms with E-state index in [2.05, 4.69) is 39.1 Å². The Balaban J connectivity index is 1.47. The number of hydrogen-bond acceptors (Lipinski definition) is 7. The summed E-state index contributed by atoms with van der Waals surface area (Å²) in [5.74, 6) is 0.674. The Morgan fingerprint density at radius 3 is 2.53 bits per heavy atom. The summed E-state index contributed by atoms with van der Waals surface area (Å²) in [6, 6.07) is 13.7. The first-order valence-electron chi connectivity index (χ1n) is 11.0. The van der Waals surface area contributed by atoms with Gasteiger partial charge in [0.1, 0.15) is 5.82 Å². The van der Waals surface area contributed by atoms with Crippen molar-refractivity contribution in [3.63, 3.8) is 0 Å². The zero-order chi connectivity index (χ0) is 23.5. The number of benzene rings is 1. The highest BCUT2D eigenvalue weighted by Gasteiger charge is 2.32. The number of halogens is 1. The highest BCUT2D eigenvalue weighted by atomic mass is 19.1. The molecule has 1 aromatic carbocycles. The molecule has 1 aliphatic rings. The predicted octanol–water partition coefficient (Wildman–Crippen LogP) is 4.75. The van der Waals surface area contributed by atoms with Crippen LogP contribution in [0, 0.1) is 11.2 Å². The lowest BCUT2D eigenvalue weighted by atomic mass is 9.96. The van der Waals surface area contributed by atoms with Gasteiger partial charge in [-0.15, -0.1) is 0 Å². The van der Waals surface area contributed by atoms with Crippen molar-refractivity contribution in [1.29, 1.82) is 0 Å². The third kappa shape index (κ3) is 4.95. The van der Waals surface area contributed by atoms with Gasteiger partial charge in [-0.05, 0) is 42.5 Å². The van der Waals surface area contributed by atoms with Gasteiger partial charge < -0.3 is 19.8 Å². The first kappa shape index (κ1) is 22.1. The van der Waals surface area contributed by atoms with Gasteiger partial charge in [-0.1, -0.05) is 19.9 Å². The highest BCUT2D eigenvalue weighted by Crippen LogP contribution is 2.35. The number of imidazole rings is 1. The molecule has 4 aromatic rings. The number of hydrogen-bond donors (Lipinski definition) is 2. The Hall–Kier alpha value is -3.69. The number of rotatable bonds is 6. The van der Waals surface area contributed by atoms with E-state index in [1.165, 1.54) is 12.1 Å². The van der Waals surface area contributed by atoms with Crippen molar-refractivity contribution in [2.45, 2.75) is 26.7 Å². The lowest BCUT2D eigenvalue weighted by Crippen LogP contribution is -2.34. The number of anilines is 1. The van der Waals surface area contributed by atoms with E-state index in [1.807, 2.05) is 18.2 Å². The highest BCUT2D eigenvalue weighted by molar-refractivity contribution is 5.77. The maximum Gasteiger partial charge on any atom is 0.223 e. The Labute approximate surface area is 196 Å². The van der Waals surface area contributed by atoms with Crippen molar-refractivity contribution in [3.8, 4) is 22.6 Å². The molecule has 0 bridgehead atoms. The number of H-pyrrole nitrogens is 1. The molecule has 0 atom stereocenters. The minimum absolute atomic E-state index is 0.0630. The van der Waals surface area contributed by atoms with Crippen molar-refractivity contribution in [2.24, 2.45) is 5.41 Å². The molecule has 34 heavy (non-hydrogen) atoms. The van der Waals surface area contributed by atoms with E-state index in [0.717, 1.165) is 11.3 Å². The molecule has 1 fully saturated rings. The molecule has 3 aromatic heterocycles. The van der Waals surface area contributed by atoms with E-state index in [4.69, 9.17) is 14.5 Å². The summed E-state index contributed by atoms with van der Waals surface area (Å²) >= 11 is 0. The largest absolute Gasteiger partial charge is 0.349 e. The van der Waals surface area contributed by atoms with E-state index in [9.17, 15) is 4.39 Å². The summed E-state index contributed by atoms with van der Waals surface area (Å²) in [5.41, 5.74) is 3.49. The van der Waals surface area contributed by atoms with Crippen LogP contribution in [0.25, 0.3) is 22.6 Å². The number of aromatic nitrogens is 5. The van der Waals surface area contributed by atoms with Crippen LogP contribution in [0.3, 0.4) is 0 Å². The molecule has 4 heterocycles. The van der Waals surface area contributed by atoms with Crippen LogP contribution in [0.5, 0.6) is 0 Å². The average molecular weight is 461 g/mol. The van der Waals surface area contributed by atoms with E-state index < -0.39 is 6.29 Å². The minimum Gasteiger partial charge on any atom is -0.349 e. The number of nitrogens with one attached hydrogen (secondary N) is 2. The summed E-state index contributed by atoms with van der Waals surface area (Å²) in [7, 11) is 0. The molecule has 1 saturated heterocycles. The van der Waals surface area contributed by atoms with E-state index in [1.54, 1.807) is 30.6 Å². The van der Waals surface area contributed by atoms with Crippen LogP contribution >= 0.6 is 0 Å². The number of aromatic amines is 1. The lowest BCUT2D eigenvalue weighted by Gasteiger charge is -2.33. The van der Waals surface area contributed by atoms with E-state index in [-0.39, 0.29) is 11.2 Å². The Bertz CT molecular complexity index is 1250. The summed E-state index contributed by atoms with van der Waals surface area (Å²) in [4.78, 5) is 21.4. The SMILES string of the molecule is CC1(C)COC(c2nc(-c3ccc(F)cc3)c(-c3ccnc(NCc4ccccn4)n3)[nH]2)OC1.